The Morgan fingerprint density at radius 3 is 2.41 bits per heavy atom. The van der Waals surface area contributed by atoms with Crippen molar-refractivity contribution in [3.63, 3.8) is 0 Å². The first-order chi connectivity index (χ1) is 12.9. The second-order valence-corrected chi connectivity index (χ2v) is 6.64. The van der Waals surface area contributed by atoms with Crippen molar-refractivity contribution in [3.8, 4) is 11.3 Å². The highest BCUT2D eigenvalue weighted by Gasteiger charge is 2.41. The Hall–Kier alpha value is -2.32. The predicted octanol–water partition coefficient (Wildman–Crippen LogP) is 3.94. The molecule has 0 atom stereocenters. The Kier molecular flexibility index (Phi) is 4.47. The minimum absolute atomic E-state index is 0.103. The van der Waals surface area contributed by atoms with Crippen molar-refractivity contribution in [2.75, 3.05) is 26.3 Å². The Bertz CT molecular complexity index is 829. The van der Waals surface area contributed by atoms with Crippen molar-refractivity contribution in [2.45, 2.75) is 24.8 Å². The van der Waals surface area contributed by atoms with Crippen LogP contribution in [0.25, 0.3) is 11.3 Å². The summed E-state index contributed by atoms with van der Waals surface area (Å²) in [5.41, 5.74) is -0.489. The summed E-state index contributed by atoms with van der Waals surface area (Å²) in [5.74, 6) is -0.545. The lowest BCUT2D eigenvalue weighted by Crippen LogP contribution is -2.47. The summed E-state index contributed by atoms with van der Waals surface area (Å²) in [5, 5.41) is 0. The fraction of sp³-hybridized carbons (Fsp3) is 0.421. The van der Waals surface area contributed by atoms with Crippen molar-refractivity contribution < 1.29 is 31.9 Å². The van der Waals surface area contributed by atoms with E-state index < -0.39 is 17.5 Å². The molecule has 1 aromatic heterocycles. The van der Waals surface area contributed by atoms with Gasteiger partial charge in [-0.2, -0.15) is 13.2 Å². The van der Waals surface area contributed by atoms with Gasteiger partial charge in [0, 0.05) is 31.5 Å². The Balaban J connectivity index is 1.47. The molecule has 0 aliphatic carbocycles. The second-order valence-electron chi connectivity index (χ2n) is 6.64. The third-order valence-electron chi connectivity index (χ3n) is 4.92. The van der Waals surface area contributed by atoms with E-state index in [-0.39, 0.29) is 23.0 Å². The van der Waals surface area contributed by atoms with E-state index in [1.807, 2.05) is 0 Å². The molecule has 2 aliphatic rings. The SMILES string of the molecule is O=C(c1ccc(-c2cccc(C(F)(F)F)c2)o1)N1CCC2(CC1)OCCO2. The van der Waals surface area contributed by atoms with E-state index in [9.17, 15) is 18.0 Å². The van der Waals surface area contributed by atoms with E-state index in [1.54, 1.807) is 4.90 Å². The molecule has 0 radical (unpaired) electrons. The van der Waals surface area contributed by atoms with Crippen LogP contribution < -0.4 is 0 Å². The molecule has 0 unspecified atom stereocenters. The van der Waals surface area contributed by atoms with Crippen LogP contribution in [0.3, 0.4) is 0 Å². The van der Waals surface area contributed by atoms with Gasteiger partial charge in [-0.15, -0.1) is 0 Å². The number of carbonyl (C=O) groups excluding carboxylic acids is 1. The Labute approximate surface area is 153 Å². The fourth-order valence-corrected chi connectivity index (χ4v) is 3.45. The number of likely N-dealkylation sites (tertiary alicyclic amines) is 1. The minimum atomic E-state index is -4.44. The number of ether oxygens (including phenoxy) is 2. The molecule has 8 heteroatoms. The molecule has 5 nitrogen and oxygen atoms in total. The molecule has 2 saturated heterocycles. The monoisotopic (exact) mass is 381 g/mol. The highest BCUT2D eigenvalue weighted by Crippen LogP contribution is 2.34. The van der Waals surface area contributed by atoms with Crippen LogP contribution in [0, 0.1) is 0 Å². The molecule has 4 rings (SSSR count). The van der Waals surface area contributed by atoms with E-state index in [1.165, 1.54) is 24.3 Å². The van der Waals surface area contributed by atoms with Crippen molar-refractivity contribution >= 4 is 5.91 Å². The summed E-state index contributed by atoms with van der Waals surface area (Å²) in [6.07, 6.45) is -3.27. The Morgan fingerprint density at radius 2 is 1.74 bits per heavy atom. The molecular formula is C19H18F3NO4. The number of hydrogen-bond donors (Lipinski definition) is 0. The maximum atomic E-state index is 12.9. The number of alkyl halides is 3. The summed E-state index contributed by atoms with van der Waals surface area (Å²) >= 11 is 0. The maximum Gasteiger partial charge on any atom is 0.416 e. The van der Waals surface area contributed by atoms with Gasteiger partial charge in [-0.05, 0) is 24.3 Å². The van der Waals surface area contributed by atoms with Gasteiger partial charge in [-0.1, -0.05) is 12.1 Å². The molecular weight excluding hydrogens is 363 g/mol. The third-order valence-corrected chi connectivity index (χ3v) is 4.92. The largest absolute Gasteiger partial charge is 0.451 e. The minimum Gasteiger partial charge on any atom is -0.451 e. The second kappa shape index (κ2) is 6.69. The summed E-state index contributed by atoms with van der Waals surface area (Å²) < 4.78 is 55.4. The van der Waals surface area contributed by atoms with Crippen molar-refractivity contribution in [1.82, 2.24) is 4.90 Å². The van der Waals surface area contributed by atoms with E-state index in [4.69, 9.17) is 13.9 Å². The molecule has 0 saturated carbocycles. The van der Waals surface area contributed by atoms with E-state index >= 15 is 0 Å². The number of piperidine rings is 1. The standard InChI is InChI=1S/C19H18F3NO4/c20-19(21,22)14-3-1-2-13(12-14)15-4-5-16(27-15)17(24)23-8-6-18(7-9-23)25-10-11-26-18/h1-5,12H,6-11H2. The zero-order chi connectivity index (χ0) is 19.1. The number of carbonyl (C=O) groups is 1. The van der Waals surface area contributed by atoms with Crippen LogP contribution in [-0.4, -0.2) is 42.9 Å². The highest BCUT2D eigenvalue weighted by molar-refractivity contribution is 5.92. The first kappa shape index (κ1) is 18.1. The molecule has 1 amide bonds. The average molecular weight is 381 g/mol. The van der Waals surface area contributed by atoms with E-state index in [0.717, 1.165) is 12.1 Å². The Morgan fingerprint density at radius 1 is 1.04 bits per heavy atom. The number of hydrogen-bond acceptors (Lipinski definition) is 4. The van der Waals surface area contributed by atoms with Crippen molar-refractivity contribution in [1.29, 1.82) is 0 Å². The quantitative estimate of drug-likeness (QED) is 0.791. The molecule has 2 aromatic rings. The van der Waals surface area contributed by atoms with Gasteiger partial charge >= 0.3 is 6.18 Å². The zero-order valence-corrected chi connectivity index (χ0v) is 14.4. The number of amides is 1. The van der Waals surface area contributed by atoms with Crippen LogP contribution in [0.5, 0.6) is 0 Å². The molecule has 27 heavy (non-hydrogen) atoms. The van der Waals surface area contributed by atoms with Gasteiger partial charge in [0.1, 0.15) is 5.76 Å². The number of nitrogens with zero attached hydrogens (tertiary/aromatic N) is 1. The first-order valence-electron chi connectivity index (χ1n) is 8.71. The van der Waals surface area contributed by atoms with Gasteiger partial charge in [0.25, 0.3) is 5.91 Å². The molecule has 144 valence electrons. The summed E-state index contributed by atoms with van der Waals surface area (Å²) in [6, 6.07) is 7.83. The smallest absolute Gasteiger partial charge is 0.416 e. The van der Waals surface area contributed by atoms with Crippen molar-refractivity contribution in [3.05, 3.63) is 47.7 Å². The molecule has 2 fully saturated rings. The molecule has 1 spiro atoms. The molecule has 0 N–H and O–H groups in total. The van der Waals surface area contributed by atoms with Crippen LogP contribution in [0.4, 0.5) is 13.2 Å². The van der Waals surface area contributed by atoms with Crippen LogP contribution >= 0.6 is 0 Å². The van der Waals surface area contributed by atoms with Crippen LogP contribution in [0.15, 0.2) is 40.8 Å². The lowest BCUT2D eigenvalue weighted by Gasteiger charge is -2.37. The summed E-state index contributed by atoms with van der Waals surface area (Å²) in [4.78, 5) is 14.3. The van der Waals surface area contributed by atoms with Gasteiger partial charge in [0.2, 0.25) is 0 Å². The molecule has 2 aliphatic heterocycles. The zero-order valence-electron chi connectivity index (χ0n) is 14.4. The fourth-order valence-electron chi connectivity index (χ4n) is 3.45. The predicted molar refractivity (Wildman–Crippen MR) is 88.9 cm³/mol. The summed E-state index contributed by atoms with van der Waals surface area (Å²) in [7, 11) is 0. The number of furan rings is 1. The lowest BCUT2D eigenvalue weighted by molar-refractivity contribution is -0.181. The van der Waals surface area contributed by atoms with Crippen LogP contribution in [0.1, 0.15) is 29.0 Å². The first-order valence-corrected chi connectivity index (χ1v) is 8.71. The number of halogens is 3. The topological polar surface area (TPSA) is 51.9 Å². The maximum absolute atomic E-state index is 12.9. The van der Waals surface area contributed by atoms with E-state index in [2.05, 4.69) is 0 Å². The van der Waals surface area contributed by atoms with E-state index in [0.29, 0.717) is 39.1 Å². The molecule has 0 bridgehead atoms. The van der Waals surface area contributed by atoms with Crippen molar-refractivity contribution in [2.24, 2.45) is 0 Å². The van der Waals surface area contributed by atoms with Gasteiger partial charge in [0.05, 0.1) is 18.8 Å². The third kappa shape index (κ3) is 3.59. The normalized spacial score (nSPS) is 19.6. The van der Waals surface area contributed by atoms with Crippen LogP contribution in [-0.2, 0) is 15.7 Å². The van der Waals surface area contributed by atoms with Gasteiger partial charge < -0.3 is 18.8 Å². The summed E-state index contributed by atoms with van der Waals surface area (Å²) in [6.45, 7) is 2.07. The lowest BCUT2D eigenvalue weighted by atomic mass is 10.0. The number of benzene rings is 1. The molecule has 1 aromatic carbocycles. The van der Waals surface area contributed by atoms with Gasteiger partial charge in [-0.25, -0.2) is 0 Å². The van der Waals surface area contributed by atoms with Crippen LogP contribution in [0.2, 0.25) is 0 Å². The number of rotatable bonds is 2. The van der Waals surface area contributed by atoms with Gasteiger partial charge in [0.15, 0.2) is 11.5 Å². The van der Waals surface area contributed by atoms with Gasteiger partial charge in [-0.3, -0.25) is 4.79 Å². The average Bonchev–Trinajstić information content (AvgIpc) is 3.31. The molecule has 3 heterocycles. The highest BCUT2D eigenvalue weighted by atomic mass is 19.4.